The molecule has 1 heterocycles. The number of sulfonamides is 1. The van der Waals surface area contributed by atoms with Crippen LogP contribution in [-0.4, -0.2) is 21.0 Å². The SMILES string of the molecule is CCCNCc1sccc1S(=O)(=O)NC1CCC(C)(C)C1. The maximum absolute atomic E-state index is 12.6. The first-order valence-corrected chi connectivity index (χ1v) is 10.00. The van der Waals surface area contributed by atoms with E-state index in [1.54, 1.807) is 6.07 Å². The molecule has 1 unspecified atom stereocenters. The van der Waals surface area contributed by atoms with Gasteiger partial charge in [0.25, 0.3) is 0 Å². The van der Waals surface area contributed by atoms with Crippen LogP contribution in [0.2, 0.25) is 0 Å². The molecule has 6 heteroatoms. The molecule has 0 aromatic carbocycles. The highest BCUT2D eigenvalue weighted by Gasteiger charge is 2.34. The van der Waals surface area contributed by atoms with E-state index >= 15 is 0 Å². The van der Waals surface area contributed by atoms with Crippen LogP contribution in [0.5, 0.6) is 0 Å². The lowest BCUT2D eigenvalue weighted by Crippen LogP contribution is -2.34. The summed E-state index contributed by atoms with van der Waals surface area (Å²) in [5.41, 5.74) is 0.243. The third kappa shape index (κ3) is 4.52. The Bertz CT molecular complexity index is 564. The predicted octanol–water partition coefficient (Wildman–Crippen LogP) is 3.10. The van der Waals surface area contributed by atoms with E-state index in [0.717, 1.165) is 37.1 Å². The molecule has 2 rings (SSSR count). The predicted molar refractivity (Wildman–Crippen MR) is 88.1 cm³/mol. The molecular weight excluding hydrogens is 304 g/mol. The number of hydrogen-bond donors (Lipinski definition) is 2. The Morgan fingerprint density at radius 1 is 1.43 bits per heavy atom. The molecule has 0 saturated heterocycles. The van der Waals surface area contributed by atoms with Gasteiger partial charge in [-0.3, -0.25) is 0 Å². The number of thiophene rings is 1. The molecule has 1 aliphatic rings. The molecule has 120 valence electrons. The topological polar surface area (TPSA) is 58.2 Å². The largest absolute Gasteiger partial charge is 0.312 e. The first-order chi connectivity index (χ1) is 9.84. The molecule has 0 bridgehead atoms. The molecule has 0 aliphatic heterocycles. The molecule has 2 N–H and O–H groups in total. The molecule has 0 radical (unpaired) electrons. The third-order valence-electron chi connectivity index (χ3n) is 4.00. The fourth-order valence-electron chi connectivity index (χ4n) is 2.90. The van der Waals surface area contributed by atoms with E-state index in [9.17, 15) is 8.42 Å². The standard InChI is InChI=1S/C15H26N2O2S2/c1-4-8-16-11-13-14(6-9-20-13)21(18,19)17-12-5-7-15(2,3)10-12/h6,9,12,16-17H,4-5,7-8,10-11H2,1-3H3. The van der Waals surface area contributed by atoms with Gasteiger partial charge in [0.05, 0.1) is 4.90 Å². The van der Waals surface area contributed by atoms with Crippen molar-refractivity contribution < 1.29 is 8.42 Å². The number of nitrogens with one attached hydrogen (secondary N) is 2. The summed E-state index contributed by atoms with van der Waals surface area (Å²) >= 11 is 1.50. The van der Waals surface area contributed by atoms with Crippen LogP contribution in [0, 0.1) is 5.41 Å². The summed E-state index contributed by atoms with van der Waals surface area (Å²) in [5.74, 6) is 0. The summed E-state index contributed by atoms with van der Waals surface area (Å²) < 4.78 is 28.1. The zero-order valence-electron chi connectivity index (χ0n) is 13.1. The maximum Gasteiger partial charge on any atom is 0.241 e. The molecule has 21 heavy (non-hydrogen) atoms. The monoisotopic (exact) mass is 330 g/mol. The van der Waals surface area contributed by atoms with Crippen LogP contribution in [0.25, 0.3) is 0 Å². The van der Waals surface area contributed by atoms with Gasteiger partial charge in [-0.25, -0.2) is 13.1 Å². The summed E-state index contributed by atoms with van der Waals surface area (Å²) in [6, 6.07) is 1.79. The third-order valence-corrected chi connectivity index (χ3v) is 6.65. The lowest BCUT2D eigenvalue weighted by Gasteiger charge is -2.18. The Kier molecular flexibility index (Phi) is 5.46. The van der Waals surface area contributed by atoms with E-state index in [1.807, 2.05) is 5.38 Å². The van der Waals surface area contributed by atoms with Crippen molar-refractivity contribution in [2.75, 3.05) is 6.54 Å². The van der Waals surface area contributed by atoms with Crippen LogP contribution < -0.4 is 10.0 Å². The van der Waals surface area contributed by atoms with Gasteiger partial charge in [-0.15, -0.1) is 11.3 Å². The average Bonchev–Trinajstić information content (AvgIpc) is 2.96. The second-order valence-corrected chi connectivity index (χ2v) is 9.29. The van der Waals surface area contributed by atoms with Crippen molar-refractivity contribution >= 4 is 21.4 Å². The smallest absolute Gasteiger partial charge is 0.241 e. The molecule has 0 spiro atoms. The number of rotatable bonds is 7. The molecule has 1 saturated carbocycles. The van der Waals surface area contributed by atoms with Crippen LogP contribution in [-0.2, 0) is 16.6 Å². The summed E-state index contributed by atoms with van der Waals surface area (Å²) in [7, 11) is -3.40. The van der Waals surface area contributed by atoms with Crippen LogP contribution in [0.1, 0.15) is 51.3 Å². The maximum atomic E-state index is 12.6. The average molecular weight is 331 g/mol. The van der Waals surface area contributed by atoms with Crippen molar-refractivity contribution in [2.24, 2.45) is 5.41 Å². The van der Waals surface area contributed by atoms with Crippen molar-refractivity contribution in [2.45, 2.75) is 63.9 Å². The first kappa shape index (κ1) is 16.9. The van der Waals surface area contributed by atoms with Gasteiger partial charge >= 0.3 is 0 Å². The first-order valence-electron chi connectivity index (χ1n) is 7.63. The van der Waals surface area contributed by atoms with Gasteiger partial charge in [-0.2, -0.15) is 0 Å². The van der Waals surface area contributed by atoms with Gasteiger partial charge in [0.15, 0.2) is 0 Å². The molecule has 1 aliphatic carbocycles. The van der Waals surface area contributed by atoms with Crippen LogP contribution in [0.3, 0.4) is 0 Å². The minimum Gasteiger partial charge on any atom is -0.312 e. The number of hydrogen-bond acceptors (Lipinski definition) is 4. The quantitative estimate of drug-likeness (QED) is 0.755. The van der Waals surface area contributed by atoms with Crippen LogP contribution in [0.15, 0.2) is 16.3 Å². The van der Waals surface area contributed by atoms with Gasteiger partial charge in [-0.1, -0.05) is 20.8 Å². The van der Waals surface area contributed by atoms with E-state index in [0.29, 0.717) is 11.4 Å². The van der Waals surface area contributed by atoms with E-state index in [-0.39, 0.29) is 11.5 Å². The lowest BCUT2D eigenvalue weighted by molar-refractivity contribution is 0.372. The Morgan fingerprint density at radius 2 is 2.19 bits per heavy atom. The van der Waals surface area contributed by atoms with Gasteiger partial charge in [-0.05, 0) is 49.1 Å². The minimum atomic E-state index is -3.40. The molecular formula is C15H26N2O2S2. The molecule has 4 nitrogen and oxygen atoms in total. The highest BCUT2D eigenvalue weighted by Crippen LogP contribution is 2.37. The Balaban J connectivity index is 2.04. The van der Waals surface area contributed by atoms with Gasteiger partial charge in [0.1, 0.15) is 0 Å². The minimum absolute atomic E-state index is 0.0707. The highest BCUT2D eigenvalue weighted by molar-refractivity contribution is 7.89. The summed E-state index contributed by atoms with van der Waals surface area (Å²) in [6.45, 7) is 8.03. The van der Waals surface area contributed by atoms with Crippen LogP contribution in [0.4, 0.5) is 0 Å². The lowest BCUT2D eigenvalue weighted by atomic mass is 9.92. The van der Waals surface area contributed by atoms with E-state index in [1.165, 1.54) is 11.3 Å². The van der Waals surface area contributed by atoms with Gasteiger partial charge < -0.3 is 5.32 Å². The van der Waals surface area contributed by atoms with Crippen molar-refractivity contribution in [1.29, 1.82) is 0 Å². The summed E-state index contributed by atoms with van der Waals surface area (Å²) in [6.07, 6.45) is 3.97. The normalized spacial score (nSPS) is 21.8. The molecule has 1 aromatic rings. The summed E-state index contributed by atoms with van der Waals surface area (Å²) in [5, 5.41) is 5.13. The molecule has 0 amide bonds. The Labute approximate surface area is 132 Å². The Hall–Kier alpha value is -0.430. The highest BCUT2D eigenvalue weighted by atomic mass is 32.2. The van der Waals surface area contributed by atoms with Crippen molar-refractivity contribution in [3.05, 3.63) is 16.3 Å². The van der Waals surface area contributed by atoms with Crippen LogP contribution >= 0.6 is 11.3 Å². The van der Waals surface area contributed by atoms with Crippen molar-refractivity contribution in [3.63, 3.8) is 0 Å². The van der Waals surface area contributed by atoms with E-state index in [2.05, 4.69) is 30.8 Å². The zero-order valence-corrected chi connectivity index (χ0v) is 14.7. The fourth-order valence-corrected chi connectivity index (χ4v) is 5.58. The molecule has 1 fully saturated rings. The van der Waals surface area contributed by atoms with E-state index < -0.39 is 10.0 Å². The van der Waals surface area contributed by atoms with Gasteiger partial charge in [0.2, 0.25) is 10.0 Å². The molecule has 1 aromatic heterocycles. The van der Waals surface area contributed by atoms with Gasteiger partial charge in [0, 0.05) is 17.5 Å². The zero-order chi connectivity index (χ0) is 15.5. The molecule has 1 atom stereocenters. The second kappa shape index (κ2) is 6.77. The Morgan fingerprint density at radius 3 is 2.81 bits per heavy atom. The van der Waals surface area contributed by atoms with Crippen molar-refractivity contribution in [3.8, 4) is 0 Å². The second-order valence-electron chi connectivity index (χ2n) is 6.61. The van der Waals surface area contributed by atoms with E-state index in [4.69, 9.17) is 0 Å². The summed E-state index contributed by atoms with van der Waals surface area (Å²) in [4.78, 5) is 1.34. The fraction of sp³-hybridized carbons (Fsp3) is 0.733. The van der Waals surface area contributed by atoms with Crippen molar-refractivity contribution in [1.82, 2.24) is 10.0 Å².